The van der Waals surface area contributed by atoms with Crippen LogP contribution in [0.3, 0.4) is 0 Å². The zero-order chi connectivity index (χ0) is 22.1. The van der Waals surface area contributed by atoms with Gasteiger partial charge in [-0.05, 0) is 40.8 Å². The molecule has 164 valence electrons. The van der Waals surface area contributed by atoms with E-state index in [1.165, 1.54) is 0 Å². The van der Waals surface area contributed by atoms with Gasteiger partial charge in [0.05, 0.1) is 11.7 Å². The molecule has 1 aromatic carbocycles. The van der Waals surface area contributed by atoms with Gasteiger partial charge in [0.1, 0.15) is 11.8 Å². The topological polar surface area (TPSA) is 75.4 Å². The van der Waals surface area contributed by atoms with Crippen LogP contribution in [0, 0.1) is 0 Å². The molecule has 2 aromatic rings. The zero-order valence-corrected chi connectivity index (χ0v) is 18.9. The Morgan fingerprint density at radius 3 is 2.47 bits per heavy atom. The molecule has 1 aromatic heterocycles. The summed E-state index contributed by atoms with van der Waals surface area (Å²) in [5.74, 6) is 1.43. The first-order valence-electron chi connectivity index (χ1n) is 10.8. The summed E-state index contributed by atoms with van der Waals surface area (Å²) in [5.41, 5.74) is 0.300. The van der Waals surface area contributed by atoms with Crippen LogP contribution in [0.15, 0.2) is 40.9 Å². The van der Waals surface area contributed by atoms with Gasteiger partial charge < -0.3 is 9.73 Å². The maximum Gasteiger partial charge on any atom is 0.240 e. The molecule has 0 saturated carbocycles. The number of carbonyl (C=O) groups is 2. The maximum atomic E-state index is 12.9. The van der Waals surface area contributed by atoms with Crippen molar-refractivity contribution in [2.24, 2.45) is 0 Å². The van der Waals surface area contributed by atoms with Crippen molar-refractivity contribution < 1.29 is 14.0 Å². The summed E-state index contributed by atoms with van der Waals surface area (Å²) >= 11 is 0. The summed E-state index contributed by atoms with van der Waals surface area (Å²) in [6.45, 7) is 5.68. The van der Waals surface area contributed by atoms with Crippen molar-refractivity contribution in [1.29, 1.82) is 0 Å². The minimum Gasteiger partial charge on any atom is -0.438 e. The maximum absolute atomic E-state index is 12.9. The van der Waals surface area contributed by atoms with Gasteiger partial charge in [-0.2, -0.15) is 0 Å². The van der Waals surface area contributed by atoms with E-state index >= 15 is 0 Å². The Balaban J connectivity index is 2.10. The van der Waals surface area contributed by atoms with Crippen molar-refractivity contribution in [2.75, 3.05) is 14.1 Å². The van der Waals surface area contributed by atoms with Gasteiger partial charge in [0.2, 0.25) is 11.8 Å². The van der Waals surface area contributed by atoms with E-state index in [1.54, 1.807) is 6.20 Å². The molecular formula is C24H35N3O3. The molecule has 6 nitrogen and oxygen atoms in total. The Hall–Kier alpha value is -2.47. The van der Waals surface area contributed by atoms with Gasteiger partial charge in [0.25, 0.3) is 0 Å². The van der Waals surface area contributed by atoms with E-state index in [0.29, 0.717) is 36.7 Å². The number of benzene rings is 1. The Morgan fingerprint density at radius 2 is 1.83 bits per heavy atom. The van der Waals surface area contributed by atoms with Gasteiger partial charge in [0.15, 0.2) is 5.76 Å². The van der Waals surface area contributed by atoms with Crippen LogP contribution in [-0.2, 0) is 9.59 Å². The molecule has 1 amide bonds. The highest BCUT2D eigenvalue weighted by Crippen LogP contribution is 2.26. The normalized spacial score (nSPS) is 12.7. The predicted octanol–water partition coefficient (Wildman–Crippen LogP) is 4.77. The van der Waals surface area contributed by atoms with Crippen LogP contribution >= 0.6 is 0 Å². The third-order valence-corrected chi connectivity index (χ3v) is 5.70. The summed E-state index contributed by atoms with van der Waals surface area (Å²) in [4.78, 5) is 30.8. The van der Waals surface area contributed by atoms with E-state index in [9.17, 15) is 9.59 Å². The van der Waals surface area contributed by atoms with E-state index in [-0.39, 0.29) is 11.9 Å². The average molecular weight is 414 g/mol. The lowest BCUT2D eigenvalue weighted by molar-refractivity contribution is -0.131. The van der Waals surface area contributed by atoms with Gasteiger partial charge in [-0.15, -0.1) is 0 Å². The lowest BCUT2D eigenvalue weighted by Crippen LogP contribution is -2.52. The second-order valence-electron chi connectivity index (χ2n) is 8.40. The molecule has 2 rings (SSSR count). The van der Waals surface area contributed by atoms with E-state index < -0.39 is 5.54 Å². The largest absolute Gasteiger partial charge is 0.438 e. The number of ketones is 1. The summed E-state index contributed by atoms with van der Waals surface area (Å²) in [6, 6.07) is 9.49. The monoisotopic (exact) mass is 413 g/mol. The highest BCUT2D eigenvalue weighted by Gasteiger charge is 2.32. The molecule has 1 atom stereocenters. The fourth-order valence-electron chi connectivity index (χ4n) is 3.00. The van der Waals surface area contributed by atoms with Crippen molar-refractivity contribution in [1.82, 2.24) is 15.2 Å². The molecule has 0 bridgehead atoms. The zero-order valence-electron chi connectivity index (χ0n) is 18.9. The molecule has 1 N–H and O–H groups in total. The van der Waals surface area contributed by atoms with E-state index in [1.807, 2.05) is 70.1 Å². The van der Waals surface area contributed by atoms with Crippen LogP contribution in [0.2, 0.25) is 0 Å². The van der Waals surface area contributed by atoms with E-state index in [4.69, 9.17) is 4.42 Å². The standard InChI is InChI=1S/C24H35N3O3/c1-6-19(28)15-11-8-12-16-20(26-23(29)24(2,3)27(4)5)22-25-17-21(30-22)18-13-9-7-10-14-18/h7,9-10,13-14,17,20H,6,8,11-12,15-16H2,1-5H3,(H,26,29)/t20-/m0/s1. The number of oxazole rings is 1. The minimum absolute atomic E-state index is 0.0712. The lowest BCUT2D eigenvalue weighted by Gasteiger charge is -2.32. The lowest BCUT2D eigenvalue weighted by atomic mass is 10.0. The van der Waals surface area contributed by atoms with Crippen molar-refractivity contribution in [3.8, 4) is 11.3 Å². The molecule has 0 unspecified atom stereocenters. The number of carbonyl (C=O) groups excluding carboxylic acids is 2. The predicted molar refractivity (Wildman–Crippen MR) is 119 cm³/mol. The number of unbranched alkanes of at least 4 members (excludes halogenated alkanes) is 2. The molecule has 0 aliphatic heterocycles. The second kappa shape index (κ2) is 11.1. The molecule has 0 aliphatic carbocycles. The minimum atomic E-state index is -0.652. The fourth-order valence-corrected chi connectivity index (χ4v) is 3.00. The first kappa shape index (κ1) is 23.8. The van der Waals surface area contributed by atoms with Crippen molar-refractivity contribution in [3.63, 3.8) is 0 Å². The third kappa shape index (κ3) is 6.52. The van der Waals surface area contributed by atoms with E-state index in [2.05, 4.69) is 10.3 Å². The number of hydrogen-bond donors (Lipinski definition) is 1. The Morgan fingerprint density at radius 1 is 1.13 bits per heavy atom. The van der Waals surface area contributed by atoms with Crippen LogP contribution < -0.4 is 5.32 Å². The first-order chi connectivity index (χ1) is 14.3. The highest BCUT2D eigenvalue weighted by atomic mass is 16.4. The third-order valence-electron chi connectivity index (χ3n) is 5.70. The van der Waals surface area contributed by atoms with Crippen LogP contribution in [-0.4, -0.2) is 41.2 Å². The number of aromatic nitrogens is 1. The van der Waals surface area contributed by atoms with Crippen LogP contribution in [0.5, 0.6) is 0 Å². The summed E-state index contributed by atoms with van der Waals surface area (Å²) in [5, 5.41) is 3.13. The summed E-state index contributed by atoms with van der Waals surface area (Å²) in [7, 11) is 3.77. The smallest absolute Gasteiger partial charge is 0.240 e. The number of hydrogen-bond acceptors (Lipinski definition) is 5. The number of amides is 1. The SMILES string of the molecule is CCC(=O)CCCCC[C@H](NC(=O)C(C)(C)N(C)C)c1ncc(-c2ccccc2)o1. The second-order valence-corrected chi connectivity index (χ2v) is 8.40. The van der Waals surface area contributed by atoms with Crippen LogP contribution in [0.1, 0.15) is 71.2 Å². The number of nitrogens with zero attached hydrogens (tertiary/aromatic N) is 2. The molecule has 0 spiro atoms. The van der Waals surface area contributed by atoms with Crippen molar-refractivity contribution in [2.45, 2.75) is 70.9 Å². The van der Waals surface area contributed by atoms with Crippen LogP contribution in [0.25, 0.3) is 11.3 Å². The molecule has 30 heavy (non-hydrogen) atoms. The Bertz CT molecular complexity index is 812. The first-order valence-corrected chi connectivity index (χ1v) is 10.8. The average Bonchev–Trinajstić information content (AvgIpc) is 3.22. The van der Waals surface area contributed by atoms with Gasteiger partial charge in [-0.1, -0.05) is 50.1 Å². The molecule has 1 heterocycles. The highest BCUT2D eigenvalue weighted by molar-refractivity contribution is 5.85. The number of nitrogens with one attached hydrogen (secondary N) is 1. The number of rotatable bonds is 12. The van der Waals surface area contributed by atoms with Gasteiger partial charge in [-0.25, -0.2) is 4.98 Å². The Kier molecular flexibility index (Phi) is 8.78. The molecular weight excluding hydrogens is 378 g/mol. The number of likely N-dealkylation sites (N-methyl/N-ethyl adjacent to an activating group) is 1. The molecule has 0 fully saturated rings. The molecule has 0 saturated heterocycles. The molecule has 6 heteroatoms. The van der Waals surface area contributed by atoms with Gasteiger partial charge in [0, 0.05) is 18.4 Å². The fraction of sp³-hybridized carbons (Fsp3) is 0.542. The van der Waals surface area contributed by atoms with Crippen molar-refractivity contribution >= 4 is 11.7 Å². The van der Waals surface area contributed by atoms with Crippen molar-refractivity contribution in [3.05, 3.63) is 42.4 Å². The quantitative estimate of drug-likeness (QED) is 0.507. The molecule has 0 aliphatic rings. The molecule has 0 radical (unpaired) electrons. The van der Waals surface area contributed by atoms with Crippen LogP contribution in [0.4, 0.5) is 0 Å². The van der Waals surface area contributed by atoms with Gasteiger partial charge >= 0.3 is 0 Å². The number of Topliss-reactive ketones (excluding diaryl/α,β-unsaturated/α-hetero) is 1. The van der Waals surface area contributed by atoms with E-state index in [0.717, 1.165) is 24.8 Å². The Labute approximate surface area is 180 Å². The van der Waals surface area contributed by atoms with Gasteiger partial charge in [-0.3, -0.25) is 14.5 Å². The summed E-state index contributed by atoms with van der Waals surface area (Å²) < 4.78 is 6.02. The summed E-state index contributed by atoms with van der Waals surface area (Å²) in [6.07, 6.45) is 6.33.